The molecule has 0 fully saturated rings. The molecule has 0 unspecified atom stereocenters. The lowest BCUT2D eigenvalue weighted by Crippen LogP contribution is -2.19. The average molecular weight is 380 g/mol. The maximum Gasteiger partial charge on any atom is 0.261 e. The molecule has 27 heavy (non-hydrogen) atoms. The van der Waals surface area contributed by atoms with Gasteiger partial charge in [-0.1, -0.05) is 55.5 Å². The molecule has 1 amide bonds. The van der Waals surface area contributed by atoms with Gasteiger partial charge in [-0.3, -0.25) is 9.52 Å². The molecular weight excluding hydrogens is 360 g/mol. The molecule has 0 atom stereocenters. The summed E-state index contributed by atoms with van der Waals surface area (Å²) in [4.78, 5) is 12.9. The minimum absolute atomic E-state index is 0.136. The molecule has 138 valence electrons. The normalized spacial score (nSPS) is 11.0. The zero-order chi connectivity index (χ0) is 19.3. The molecule has 0 aromatic heterocycles. The summed E-state index contributed by atoms with van der Waals surface area (Å²) in [5.74, 6) is -0.373. The first-order valence-electron chi connectivity index (χ1n) is 8.57. The van der Waals surface area contributed by atoms with Gasteiger partial charge < -0.3 is 5.32 Å². The highest BCUT2D eigenvalue weighted by Crippen LogP contribution is 2.22. The van der Waals surface area contributed by atoms with E-state index >= 15 is 0 Å². The van der Waals surface area contributed by atoms with E-state index in [4.69, 9.17) is 0 Å². The molecule has 6 heteroatoms. The van der Waals surface area contributed by atoms with Crippen molar-refractivity contribution in [1.29, 1.82) is 0 Å². The fourth-order valence-electron chi connectivity index (χ4n) is 2.71. The number of benzene rings is 3. The van der Waals surface area contributed by atoms with Gasteiger partial charge in [0.2, 0.25) is 0 Å². The van der Waals surface area contributed by atoms with Crippen molar-refractivity contribution >= 4 is 27.3 Å². The van der Waals surface area contributed by atoms with E-state index in [-0.39, 0.29) is 22.1 Å². The number of hydrogen-bond donors (Lipinski definition) is 2. The third-order valence-electron chi connectivity index (χ3n) is 4.12. The minimum atomic E-state index is -3.79. The maximum absolute atomic E-state index is 12.8. The summed E-state index contributed by atoms with van der Waals surface area (Å²) in [7, 11) is -3.79. The van der Waals surface area contributed by atoms with Gasteiger partial charge in [-0.25, -0.2) is 8.42 Å². The van der Waals surface area contributed by atoms with E-state index in [1.54, 1.807) is 42.5 Å². The molecule has 0 aliphatic heterocycles. The van der Waals surface area contributed by atoms with E-state index in [1.165, 1.54) is 12.1 Å². The van der Waals surface area contributed by atoms with Gasteiger partial charge in [0.25, 0.3) is 15.9 Å². The lowest BCUT2D eigenvalue weighted by molar-refractivity contribution is 0.102. The Morgan fingerprint density at radius 2 is 1.41 bits per heavy atom. The monoisotopic (exact) mass is 380 g/mol. The molecule has 0 spiro atoms. The van der Waals surface area contributed by atoms with Crippen LogP contribution in [-0.4, -0.2) is 14.3 Å². The van der Waals surface area contributed by atoms with E-state index in [0.29, 0.717) is 5.69 Å². The van der Waals surface area contributed by atoms with Gasteiger partial charge in [0.05, 0.1) is 16.1 Å². The molecule has 0 heterocycles. The van der Waals surface area contributed by atoms with Crippen LogP contribution in [0.3, 0.4) is 0 Å². The van der Waals surface area contributed by atoms with Gasteiger partial charge in [-0.05, 0) is 42.3 Å². The van der Waals surface area contributed by atoms with Gasteiger partial charge in [0.1, 0.15) is 0 Å². The predicted molar refractivity (Wildman–Crippen MR) is 107 cm³/mol. The summed E-state index contributed by atoms with van der Waals surface area (Å²) in [6, 6.07) is 22.1. The fourth-order valence-corrected chi connectivity index (χ4v) is 3.81. The lowest BCUT2D eigenvalue weighted by atomic mass is 10.1. The molecule has 0 aliphatic rings. The highest BCUT2D eigenvalue weighted by atomic mass is 32.2. The molecule has 3 rings (SSSR count). The van der Waals surface area contributed by atoms with Crippen LogP contribution in [0.15, 0.2) is 83.8 Å². The minimum Gasteiger partial charge on any atom is -0.322 e. The molecule has 0 radical (unpaired) electrons. The number of amides is 1. The Kier molecular flexibility index (Phi) is 5.57. The predicted octanol–water partition coefficient (Wildman–Crippen LogP) is 4.30. The summed E-state index contributed by atoms with van der Waals surface area (Å²) in [5.41, 5.74) is 2.20. The van der Waals surface area contributed by atoms with Crippen molar-refractivity contribution in [3.8, 4) is 0 Å². The molecule has 2 N–H and O–H groups in total. The van der Waals surface area contributed by atoms with Crippen molar-refractivity contribution in [1.82, 2.24) is 0 Å². The Balaban J connectivity index is 1.89. The lowest BCUT2D eigenvalue weighted by Gasteiger charge is -2.14. The van der Waals surface area contributed by atoms with E-state index in [1.807, 2.05) is 31.2 Å². The number of anilines is 2. The van der Waals surface area contributed by atoms with Crippen LogP contribution in [0.25, 0.3) is 0 Å². The maximum atomic E-state index is 12.8. The smallest absolute Gasteiger partial charge is 0.261 e. The molecule has 0 aliphatic carbocycles. The van der Waals surface area contributed by atoms with Gasteiger partial charge in [-0.15, -0.1) is 0 Å². The van der Waals surface area contributed by atoms with Crippen LogP contribution in [0.1, 0.15) is 22.8 Å². The third-order valence-corrected chi connectivity index (χ3v) is 5.50. The number of aryl methyl sites for hydroxylation is 1. The van der Waals surface area contributed by atoms with E-state index in [2.05, 4.69) is 10.0 Å². The Labute approximate surface area is 159 Å². The van der Waals surface area contributed by atoms with Crippen molar-refractivity contribution in [2.45, 2.75) is 18.2 Å². The van der Waals surface area contributed by atoms with E-state index in [9.17, 15) is 13.2 Å². The SMILES string of the molecule is CCc1ccccc1NC(=O)c1ccccc1NS(=O)(=O)c1ccccc1. The van der Waals surface area contributed by atoms with Crippen molar-refractivity contribution in [3.05, 3.63) is 90.0 Å². The Morgan fingerprint density at radius 1 is 0.815 bits per heavy atom. The molecule has 3 aromatic carbocycles. The van der Waals surface area contributed by atoms with Gasteiger partial charge >= 0.3 is 0 Å². The van der Waals surface area contributed by atoms with Crippen LogP contribution < -0.4 is 10.0 Å². The number of sulfonamides is 1. The second-order valence-corrected chi connectivity index (χ2v) is 7.61. The van der Waals surface area contributed by atoms with Crippen molar-refractivity contribution in [2.75, 3.05) is 10.0 Å². The number of hydrogen-bond acceptors (Lipinski definition) is 3. The summed E-state index contributed by atoms with van der Waals surface area (Å²) >= 11 is 0. The number of carbonyl (C=O) groups excluding carboxylic acids is 1. The first-order valence-corrected chi connectivity index (χ1v) is 10.1. The Morgan fingerprint density at radius 3 is 2.11 bits per heavy atom. The quantitative estimate of drug-likeness (QED) is 0.669. The average Bonchev–Trinajstić information content (AvgIpc) is 2.69. The molecule has 0 saturated heterocycles. The van der Waals surface area contributed by atoms with Crippen LogP contribution in [0.4, 0.5) is 11.4 Å². The number of para-hydroxylation sites is 2. The zero-order valence-electron chi connectivity index (χ0n) is 14.8. The fraction of sp³-hybridized carbons (Fsp3) is 0.0952. The van der Waals surface area contributed by atoms with Crippen molar-refractivity contribution in [2.24, 2.45) is 0 Å². The second-order valence-electron chi connectivity index (χ2n) is 5.93. The zero-order valence-corrected chi connectivity index (χ0v) is 15.7. The van der Waals surface area contributed by atoms with Crippen molar-refractivity contribution in [3.63, 3.8) is 0 Å². The topological polar surface area (TPSA) is 75.3 Å². The molecule has 5 nitrogen and oxygen atoms in total. The first-order chi connectivity index (χ1) is 13.0. The van der Waals surface area contributed by atoms with Crippen LogP contribution in [-0.2, 0) is 16.4 Å². The Bertz CT molecular complexity index is 1050. The summed E-state index contributed by atoms with van der Waals surface area (Å²) in [6.45, 7) is 2.01. The number of rotatable bonds is 6. The summed E-state index contributed by atoms with van der Waals surface area (Å²) in [6.07, 6.45) is 0.777. The van der Waals surface area contributed by atoms with Crippen molar-refractivity contribution < 1.29 is 13.2 Å². The molecule has 0 saturated carbocycles. The molecular formula is C21H20N2O3S. The number of nitrogens with one attached hydrogen (secondary N) is 2. The largest absolute Gasteiger partial charge is 0.322 e. The van der Waals surface area contributed by atoms with Crippen LogP contribution in [0, 0.1) is 0 Å². The van der Waals surface area contributed by atoms with Gasteiger partial charge in [0.15, 0.2) is 0 Å². The van der Waals surface area contributed by atoms with Crippen LogP contribution in [0.5, 0.6) is 0 Å². The second kappa shape index (κ2) is 8.05. The van der Waals surface area contributed by atoms with Crippen LogP contribution in [0.2, 0.25) is 0 Å². The summed E-state index contributed by atoms with van der Waals surface area (Å²) in [5, 5.41) is 2.87. The number of carbonyl (C=O) groups is 1. The third kappa shape index (κ3) is 4.35. The highest BCUT2D eigenvalue weighted by molar-refractivity contribution is 7.92. The van der Waals surface area contributed by atoms with Gasteiger partial charge in [0, 0.05) is 5.69 Å². The van der Waals surface area contributed by atoms with E-state index < -0.39 is 10.0 Å². The van der Waals surface area contributed by atoms with E-state index in [0.717, 1.165) is 12.0 Å². The standard InChI is InChI=1S/C21H20N2O3S/c1-2-16-10-6-8-14-19(16)22-21(24)18-13-7-9-15-20(18)23-27(25,26)17-11-4-3-5-12-17/h3-15,23H,2H2,1H3,(H,22,24). The molecule has 3 aromatic rings. The van der Waals surface area contributed by atoms with Gasteiger partial charge in [-0.2, -0.15) is 0 Å². The molecule has 0 bridgehead atoms. The van der Waals surface area contributed by atoms with Crippen LogP contribution >= 0.6 is 0 Å². The first kappa shape index (κ1) is 18.7. The Hall–Kier alpha value is -3.12. The highest BCUT2D eigenvalue weighted by Gasteiger charge is 2.18. The summed E-state index contributed by atoms with van der Waals surface area (Å²) < 4.78 is 27.7.